The molecule has 0 radical (unpaired) electrons. The van der Waals surface area contributed by atoms with Crippen molar-refractivity contribution in [2.24, 2.45) is 5.92 Å². The highest BCUT2D eigenvalue weighted by molar-refractivity contribution is 6.07. The van der Waals surface area contributed by atoms with E-state index in [0.29, 0.717) is 17.0 Å². The van der Waals surface area contributed by atoms with Crippen LogP contribution in [0.2, 0.25) is 0 Å². The van der Waals surface area contributed by atoms with E-state index >= 15 is 0 Å². The second-order valence-corrected chi connectivity index (χ2v) is 6.73. The lowest BCUT2D eigenvalue weighted by Gasteiger charge is -2.32. The zero-order chi connectivity index (χ0) is 21.4. The molecule has 0 bridgehead atoms. The normalized spacial score (nSPS) is 17.9. The number of anilines is 1. The van der Waals surface area contributed by atoms with Crippen LogP contribution in [0.1, 0.15) is 18.5 Å². The summed E-state index contributed by atoms with van der Waals surface area (Å²) in [6, 6.07) is 9.73. The Morgan fingerprint density at radius 3 is 2.50 bits per heavy atom. The average Bonchev–Trinajstić information content (AvgIpc) is 3.10. The summed E-state index contributed by atoms with van der Waals surface area (Å²) in [5, 5.41) is 13.0. The third-order valence-corrected chi connectivity index (χ3v) is 5.09. The standard InChI is InChI=1S/C21H21N3O6/c1-4-30-20(27)16-17(11-9-14(28-2)18(25)15(10-11)29-3)24-13-8-6-5-7-12(13)22-21(24)23-19(16)26/h5-10,16-17,25H,4H2,1-3H3,(H,22,23,26). The first-order chi connectivity index (χ1) is 14.5. The van der Waals surface area contributed by atoms with Crippen LogP contribution in [0.15, 0.2) is 36.4 Å². The summed E-state index contributed by atoms with van der Waals surface area (Å²) in [6.45, 7) is 1.81. The molecule has 1 amide bonds. The Balaban J connectivity index is 2.00. The fraction of sp³-hybridized carbons (Fsp3) is 0.286. The minimum absolute atomic E-state index is 0.134. The molecular weight excluding hydrogens is 390 g/mol. The number of aromatic nitrogens is 2. The van der Waals surface area contributed by atoms with E-state index in [4.69, 9.17) is 14.2 Å². The molecule has 0 saturated heterocycles. The third-order valence-electron chi connectivity index (χ3n) is 5.09. The van der Waals surface area contributed by atoms with Crippen molar-refractivity contribution in [2.45, 2.75) is 13.0 Å². The van der Waals surface area contributed by atoms with E-state index in [0.717, 1.165) is 5.52 Å². The van der Waals surface area contributed by atoms with Gasteiger partial charge < -0.3 is 23.9 Å². The SMILES string of the molecule is CCOC(=O)C1C(=O)Nc2nc3ccccc3n2C1c1cc(OC)c(O)c(OC)c1. The van der Waals surface area contributed by atoms with E-state index in [2.05, 4.69) is 10.3 Å². The molecule has 30 heavy (non-hydrogen) atoms. The number of nitrogens with one attached hydrogen (secondary N) is 1. The van der Waals surface area contributed by atoms with Gasteiger partial charge in [-0.1, -0.05) is 12.1 Å². The summed E-state index contributed by atoms with van der Waals surface area (Å²) in [4.78, 5) is 30.2. The Kier molecular flexibility index (Phi) is 4.94. The molecule has 0 spiro atoms. The highest BCUT2D eigenvalue weighted by Crippen LogP contribution is 2.44. The Hall–Kier alpha value is -3.75. The molecule has 0 aliphatic carbocycles. The van der Waals surface area contributed by atoms with Gasteiger partial charge in [-0.25, -0.2) is 4.98 Å². The molecule has 2 atom stereocenters. The first-order valence-electron chi connectivity index (χ1n) is 9.39. The van der Waals surface area contributed by atoms with Crippen molar-refractivity contribution in [2.75, 3.05) is 26.1 Å². The number of carbonyl (C=O) groups excluding carboxylic acids is 2. The summed E-state index contributed by atoms with van der Waals surface area (Å²) in [5.41, 5.74) is 1.93. The predicted octanol–water partition coefficient (Wildman–Crippen LogP) is 2.48. The van der Waals surface area contributed by atoms with Crippen LogP contribution in [0.3, 0.4) is 0 Å². The van der Waals surface area contributed by atoms with Crippen molar-refractivity contribution in [3.8, 4) is 17.2 Å². The maximum atomic E-state index is 12.9. The largest absolute Gasteiger partial charge is 0.502 e. The van der Waals surface area contributed by atoms with Gasteiger partial charge in [0, 0.05) is 0 Å². The van der Waals surface area contributed by atoms with Crippen LogP contribution in [-0.2, 0) is 14.3 Å². The lowest BCUT2D eigenvalue weighted by atomic mass is 9.89. The van der Waals surface area contributed by atoms with Gasteiger partial charge in [-0.2, -0.15) is 0 Å². The van der Waals surface area contributed by atoms with Gasteiger partial charge in [0.1, 0.15) is 0 Å². The molecular formula is C21H21N3O6. The van der Waals surface area contributed by atoms with E-state index in [1.54, 1.807) is 23.6 Å². The predicted molar refractivity (Wildman–Crippen MR) is 108 cm³/mol. The van der Waals surface area contributed by atoms with E-state index in [9.17, 15) is 14.7 Å². The van der Waals surface area contributed by atoms with Gasteiger partial charge in [0.2, 0.25) is 17.6 Å². The molecule has 3 aromatic rings. The van der Waals surface area contributed by atoms with E-state index in [-0.39, 0.29) is 23.9 Å². The van der Waals surface area contributed by atoms with Gasteiger partial charge >= 0.3 is 5.97 Å². The monoisotopic (exact) mass is 411 g/mol. The van der Waals surface area contributed by atoms with Crippen LogP contribution in [0, 0.1) is 5.92 Å². The topological polar surface area (TPSA) is 112 Å². The molecule has 156 valence electrons. The number of nitrogens with zero attached hydrogens (tertiary/aromatic N) is 2. The number of phenolic OH excluding ortho intramolecular Hbond substituents is 1. The molecule has 4 rings (SSSR count). The summed E-state index contributed by atoms with van der Waals surface area (Å²) >= 11 is 0. The molecule has 1 aliphatic rings. The molecule has 2 heterocycles. The molecule has 9 nitrogen and oxygen atoms in total. The summed E-state index contributed by atoms with van der Waals surface area (Å²) in [6.07, 6.45) is 0. The lowest BCUT2D eigenvalue weighted by molar-refractivity contribution is -0.152. The number of hydrogen-bond donors (Lipinski definition) is 2. The number of aromatic hydroxyl groups is 1. The van der Waals surface area contributed by atoms with Crippen molar-refractivity contribution in [3.63, 3.8) is 0 Å². The summed E-state index contributed by atoms with van der Waals surface area (Å²) in [7, 11) is 2.82. The van der Waals surface area contributed by atoms with Crippen LogP contribution in [-0.4, -0.2) is 47.4 Å². The number of carbonyl (C=O) groups is 2. The number of hydrogen-bond acceptors (Lipinski definition) is 7. The van der Waals surface area contributed by atoms with Gasteiger partial charge in [-0.05, 0) is 36.8 Å². The summed E-state index contributed by atoms with van der Waals surface area (Å²) in [5.74, 6) is -1.89. The quantitative estimate of drug-likeness (QED) is 0.490. The van der Waals surface area contributed by atoms with Crippen LogP contribution in [0.25, 0.3) is 11.0 Å². The second-order valence-electron chi connectivity index (χ2n) is 6.73. The van der Waals surface area contributed by atoms with Crippen molar-refractivity contribution in [1.29, 1.82) is 0 Å². The van der Waals surface area contributed by atoms with Gasteiger partial charge in [0.25, 0.3) is 0 Å². The minimum atomic E-state index is -1.17. The van der Waals surface area contributed by atoms with Gasteiger partial charge in [0.05, 0.1) is 37.9 Å². The van der Waals surface area contributed by atoms with E-state index in [1.165, 1.54) is 14.2 Å². The number of amides is 1. The fourth-order valence-corrected chi connectivity index (χ4v) is 3.79. The number of esters is 1. The number of methoxy groups -OCH3 is 2. The molecule has 9 heteroatoms. The van der Waals surface area contributed by atoms with E-state index in [1.807, 2.05) is 24.3 Å². The minimum Gasteiger partial charge on any atom is -0.502 e. The van der Waals surface area contributed by atoms with Gasteiger partial charge in [-0.3, -0.25) is 14.9 Å². The molecule has 2 unspecified atom stereocenters. The van der Waals surface area contributed by atoms with Crippen molar-refractivity contribution < 1.29 is 28.9 Å². The molecule has 1 aliphatic heterocycles. The van der Waals surface area contributed by atoms with Crippen LogP contribution in [0.4, 0.5) is 5.95 Å². The zero-order valence-corrected chi connectivity index (χ0v) is 16.7. The number of ether oxygens (including phenoxy) is 3. The van der Waals surface area contributed by atoms with Gasteiger partial charge in [-0.15, -0.1) is 0 Å². The fourth-order valence-electron chi connectivity index (χ4n) is 3.79. The van der Waals surface area contributed by atoms with Crippen molar-refractivity contribution in [1.82, 2.24) is 9.55 Å². The van der Waals surface area contributed by atoms with Crippen LogP contribution < -0.4 is 14.8 Å². The highest BCUT2D eigenvalue weighted by Gasteiger charge is 2.44. The zero-order valence-electron chi connectivity index (χ0n) is 16.7. The number of para-hydroxylation sites is 2. The van der Waals surface area contributed by atoms with Crippen molar-refractivity contribution >= 4 is 28.9 Å². The highest BCUT2D eigenvalue weighted by atomic mass is 16.5. The number of fused-ring (bicyclic) bond motifs is 3. The van der Waals surface area contributed by atoms with Gasteiger partial charge in [0.15, 0.2) is 17.4 Å². The van der Waals surface area contributed by atoms with Crippen LogP contribution >= 0.6 is 0 Å². The number of benzene rings is 2. The molecule has 2 aromatic carbocycles. The Morgan fingerprint density at radius 1 is 1.20 bits per heavy atom. The molecule has 2 N–H and O–H groups in total. The number of phenols is 1. The molecule has 1 aromatic heterocycles. The maximum Gasteiger partial charge on any atom is 0.321 e. The first-order valence-corrected chi connectivity index (χ1v) is 9.39. The summed E-state index contributed by atoms with van der Waals surface area (Å²) < 4.78 is 17.5. The average molecular weight is 411 g/mol. The lowest BCUT2D eigenvalue weighted by Crippen LogP contribution is -2.43. The number of rotatable bonds is 5. The third kappa shape index (κ3) is 2.99. The van der Waals surface area contributed by atoms with Crippen LogP contribution in [0.5, 0.6) is 17.2 Å². The molecule has 0 saturated carbocycles. The first kappa shape index (κ1) is 19.6. The number of imidazole rings is 1. The second kappa shape index (κ2) is 7.58. The van der Waals surface area contributed by atoms with Crippen molar-refractivity contribution in [3.05, 3.63) is 42.0 Å². The Morgan fingerprint density at radius 2 is 1.87 bits per heavy atom. The Bertz CT molecular complexity index is 1110. The maximum absolute atomic E-state index is 12.9. The smallest absolute Gasteiger partial charge is 0.321 e. The Labute approximate surface area is 172 Å². The molecule has 0 fully saturated rings. The van der Waals surface area contributed by atoms with E-state index < -0.39 is 23.8 Å².